The van der Waals surface area contributed by atoms with Crippen molar-refractivity contribution >= 4 is 13.9 Å². The molecule has 0 bridgehead atoms. The molecule has 0 saturated heterocycles. The third-order valence-corrected chi connectivity index (χ3v) is 4.16. The molecule has 1 N–H and O–H groups in total. The van der Waals surface area contributed by atoms with Crippen LogP contribution in [0.4, 0.5) is 0 Å². The zero-order chi connectivity index (χ0) is 14.5. The molecule has 0 aliphatic carbocycles. The Labute approximate surface area is 113 Å². The number of hydrogen-bond donors (Lipinski definition) is 1. The van der Waals surface area contributed by atoms with Crippen LogP contribution < -0.4 is 4.74 Å². The standard InChI is InChI=1S/C13H19O5P/c1-4-10(2)18-19(15,16)9-12-7-11(8-14)5-6-13(12)17-3/h5-8,10H,4,9H2,1-3H3,(H,15,16). The van der Waals surface area contributed by atoms with Gasteiger partial charge in [-0.3, -0.25) is 9.36 Å². The van der Waals surface area contributed by atoms with E-state index in [9.17, 15) is 14.3 Å². The second kappa shape index (κ2) is 6.85. The average Bonchev–Trinajstić information content (AvgIpc) is 2.37. The summed E-state index contributed by atoms with van der Waals surface area (Å²) in [7, 11) is -2.28. The summed E-state index contributed by atoms with van der Waals surface area (Å²) in [6.45, 7) is 3.61. The van der Waals surface area contributed by atoms with E-state index in [0.29, 0.717) is 29.6 Å². The van der Waals surface area contributed by atoms with Gasteiger partial charge >= 0.3 is 7.60 Å². The van der Waals surface area contributed by atoms with Gasteiger partial charge in [0.1, 0.15) is 12.0 Å². The van der Waals surface area contributed by atoms with Crippen LogP contribution in [0.15, 0.2) is 18.2 Å². The Morgan fingerprint density at radius 3 is 2.68 bits per heavy atom. The summed E-state index contributed by atoms with van der Waals surface area (Å²) in [6.07, 6.45) is 0.857. The minimum atomic E-state index is -3.75. The molecule has 1 aromatic carbocycles. The van der Waals surface area contributed by atoms with Crippen LogP contribution in [-0.2, 0) is 15.3 Å². The average molecular weight is 286 g/mol. The number of carbonyl (C=O) groups excluding carboxylic acids is 1. The van der Waals surface area contributed by atoms with Crippen LogP contribution in [0.5, 0.6) is 5.75 Å². The van der Waals surface area contributed by atoms with E-state index in [1.54, 1.807) is 19.1 Å². The van der Waals surface area contributed by atoms with E-state index < -0.39 is 7.60 Å². The first-order valence-corrected chi connectivity index (χ1v) is 7.80. The maximum absolute atomic E-state index is 12.0. The normalized spacial score (nSPS) is 15.6. The van der Waals surface area contributed by atoms with Crippen molar-refractivity contribution in [3.05, 3.63) is 29.3 Å². The second-order valence-electron chi connectivity index (χ2n) is 4.31. The monoisotopic (exact) mass is 286 g/mol. The van der Waals surface area contributed by atoms with Crippen molar-refractivity contribution in [2.75, 3.05) is 7.11 Å². The molecule has 0 aromatic heterocycles. The lowest BCUT2D eigenvalue weighted by Crippen LogP contribution is -2.06. The van der Waals surface area contributed by atoms with E-state index in [1.165, 1.54) is 13.2 Å². The smallest absolute Gasteiger partial charge is 0.332 e. The molecule has 19 heavy (non-hydrogen) atoms. The molecule has 6 heteroatoms. The zero-order valence-electron chi connectivity index (χ0n) is 11.3. The summed E-state index contributed by atoms with van der Waals surface area (Å²) in [4.78, 5) is 20.6. The van der Waals surface area contributed by atoms with Gasteiger partial charge in [-0.05, 0) is 31.5 Å². The topological polar surface area (TPSA) is 72.8 Å². The fraction of sp³-hybridized carbons (Fsp3) is 0.462. The van der Waals surface area contributed by atoms with Crippen LogP contribution >= 0.6 is 7.60 Å². The SMILES string of the molecule is CCC(C)OP(=O)(O)Cc1cc(C=O)ccc1OC. The molecule has 1 rings (SSSR count). The summed E-state index contributed by atoms with van der Waals surface area (Å²) in [5, 5.41) is 0. The molecule has 0 spiro atoms. The maximum atomic E-state index is 12.0. The lowest BCUT2D eigenvalue weighted by atomic mass is 10.1. The van der Waals surface area contributed by atoms with Crippen molar-refractivity contribution in [3.63, 3.8) is 0 Å². The fourth-order valence-corrected chi connectivity index (χ4v) is 3.07. The van der Waals surface area contributed by atoms with Crippen molar-refractivity contribution in [3.8, 4) is 5.75 Å². The van der Waals surface area contributed by atoms with Gasteiger partial charge < -0.3 is 14.2 Å². The minimum Gasteiger partial charge on any atom is -0.496 e. The van der Waals surface area contributed by atoms with Crippen molar-refractivity contribution in [1.82, 2.24) is 0 Å². The van der Waals surface area contributed by atoms with Gasteiger partial charge in [0.25, 0.3) is 0 Å². The number of hydrogen-bond acceptors (Lipinski definition) is 4. The van der Waals surface area contributed by atoms with Crippen LogP contribution in [-0.4, -0.2) is 24.4 Å². The van der Waals surface area contributed by atoms with E-state index in [2.05, 4.69) is 0 Å². The van der Waals surface area contributed by atoms with Crippen LogP contribution in [0.1, 0.15) is 36.2 Å². The Bertz CT molecular complexity index is 486. The predicted octanol–water partition coefficient (Wildman–Crippen LogP) is 3.01. The molecule has 2 unspecified atom stereocenters. The third kappa shape index (κ3) is 4.78. The van der Waals surface area contributed by atoms with Crippen LogP contribution in [0, 0.1) is 0 Å². The van der Waals surface area contributed by atoms with Gasteiger partial charge in [-0.25, -0.2) is 0 Å². The molecule has 0 heterocycles. The molecule has 0 saturated carbocycles. The van der Waals surface area contributed by atoms with Crippen molar-refractivity contribution in [2.24, 2.45) is 0 Å². The van der Waals surface area contributed by atoms with E-state index >= 15 is 0 Å². The molecule has 2 atom stereocenters. The molecule has 0 fully saturated rings. The van der Waals surface area contributed by atoms with E-state index in [1.807, 2.05) is 6.92 Å². The Morgan fingerprint density at radius 2 is 2.16 bits per heavy atom. The lowest BCUT2D eigenvalue weighted by Gasteiger charge is -2.18. The maximum Gasteiger partial charge on any atom is 0.332 e. The largest absolute Gasteiger partial charge is 0.496 e. The molecule has 0 radical (unpaired) electrons. The van der Waals surface area contributed by atoms with Crippen LogP contribution in [0.25, 0.3) is 0 Å². The fourth-order valence-electron chi connectivity index (χ4n) is 1.60. The minimum absolute atomic E-state index is 0.178. The van der Waals surface area contributed by atoms with Crippen LogP contribution in [0.2, 0.25) is 0 Å². The first-order valence-electron chi connectivity index (χ1n) is 6.04. The Balaban J connectivity index is 2.96. The van der Waals surface area contributed by atoms with Gasteiger partial charge in [-0.15, -0.1) is 0 Å². The van der Waals surface area contributed by atoms with Crippen molar-refractivity contribution < 1.29 is 23.5 Å². The molecule has 0 amide bonds. The van der Waals surface area contributed by atoms with Gasteiger partial charge in [-0.1, -0.05) is 6.92 Å². The van der Waals surface area contributed by atoms with Gasteiger partial charge in [0, 0.05) is 11.1 Å². The Kier molecular flexibility index (Phi) is 5.73. The quantitative estimate of drug-likeness (QED) is 0.616. The van der Waals surface area contributed by atoms with Crippen LogP contribution in [0.3, 0.4) is 0 Å². The highest BCUT2D eigenvalue weighted by molar-refractivity contribution is 7.52. The number of benzene rings is 1. The first-order chi connectivity index (χ1) is 8.91. The third-order valence-electron chi connectivity index (χ3n) is 2.73. The second-order valence-corrected chi connectivity index (χ2v) is 6.11. The number of carbonyl (C=O) groups is 1. The zero-order valence-corrected chi connectivity index (χ0v) is 12.2. The molecule has 0 aliphatic heterocycles. The summed E-state index contributed by atoms with van der Waals surface area (Å²) in [6, 6.07) is 4.73. The summed E-state index contributed by atoms with van der Waals surface area (Å²) >= 11 is 0. The van der Waals surface area contributed by atoms with Crippen molar-refractivity contribution in [2.45, 2.75) is 32.5 Å². The summed E-state index contributed by atoms with van der Waals surface area (Å²) in [5.74, 6) is 0.465. The molecule has 1 aromatic rings. The van der Waals surface area contributed by atoms with Crippen molar-refractivity contribution in [1.29, 1.82) is 0 Å². The summed E-state index contributed by atoms with van der Waals surface area (Å²) < 4.78 is 22.3. The number of aldehydes is 1. The molecular formula is C13H19O5P. The van der Waals surface area contributed by atoms with Gasteiger partial charge in [-0.2, -0.15) is 0 Å². The lowest BCUT2D eigenvalue weighted by molar-refractivity contribution is 0.112. The van der Waals surface area contributed by atoms with E-state index in [4.69, 9.17) is 9.26 Å². The molecule has 5 nitrogen and oxygen atoms in total. The highest BCUT2D eigenvalue weighted by atomic mass is 31.2. The molecule has 0 aliphatic rings. The highest BCUT2D eigenvalue weighted by Crippen LogP contribution is 2.48. The van der Waals surface area contributed by atoms with E-state index in [0.717, 1.165) is 0 Å². The van der Waals surface area contributed by atoms with Gasteiger partial charge in [0.2, 0.25) is 0 Å². The summed E-state index contributed by atoms with van der Waals surface area (Å²) in [5.41, 5.74) is 0.917. The number of ether oxygens (including phenoxy) is 1. The van der Waals surface area contributed by atoms with Gasteiger partial charge in [0.15, 0.2) is 0 Å². The molecular weight excluding hydrogens is 267 g/mol. The first kappa shape index (κ1) is 15.9. The molecule has 106 valence electrons. The van der Waals surface area contributed by atoms with E-state index in [-0.39, 0.29) is 12.3 Å². The predicted molar refractivity (Wildman–Crippen MR) is 72.7 cm³/mol. The number of methoxy groups -OCH3 is 1. The Morgan fingerprint density at radius 1 is 1.47 bits per heavy atom. The number of rotatable bonds is 7. The Hall–Kier alpha value is -1.16. The highest BCUT2D eigenvalue weighted by Gasteiger charge is 2.24. The van der Waals surface area contributed by atoms with Gasteiger partial charge in [0.05, 0.1) is 19.4 Å².